The number of aryl methyl sites for hydroxylation is 1. The first kappa shape index (κ1) is 18.4. The molecule has 1 aromatic heterocycles. The molecule has 1 amide bonds. The fourth-order valence-electron chi connectivity index (χ4n) is 3.29. The normalized spacial score (nSPS) is 16.3. The van der Waals surface area contributed by atoms with E-state index in [1.165, 1.54) is 5.56 Å². The molecule has 0 unspecified atom stereocenters. The third-order valence-electron chi connectivity index (χ3n) is 5.16. The van der Waals surface area contributed by atoms with Gasteiger partial charge in [-0.15, -0.1) is 10.2 Å². The fourth-order valence-corrected chi connectivity index (χ4v) is 3.29. The third kappa shape index (κ3) is 4.40. The van der Waals surface area contributed by atoms with E-state index in [1.807, 2.05) is 18.2 Å². The molecule has 0 saturated carbocycles. The number of aromatic nitrogens is 2. The summed E-state index contributed by atoms with van der Waals surface area (Å²) in [5.41, 5.74) is 3.19. The van der Waals surface area contributed by atoms with Crippen molar-refractivity contribution in [3.05, 3.63) is 42.0 Å². The zero-order valence-corrected chi connectivity index (χ0v) is 15.9. The fraction of sp³-hybridized carbons (Fsp3) is 0.476. The molecule has 1 aliphatic rings. The molecule has 0 bridgehead atoms. The quantitative estimate of drug-likeness (QED) is 0.893. The maximum atomic E-state index is 12.3. The average Bonchev–Trinajstić information content (AvgIpc) is 2.68. The van der Waals surface area contributed by atoms with E-state index in [2.05, 4.69) is 59.4 Å². The maximum Gasteiger partial charge on any atom is 0.223 e. The van der Waals surface area contributed by atoms with Crippen molar-refractivity contribution < 1.29 is 4.79 Å². The monoisotopic (exact) mass is 352 g/mol. The third-order valence-corrected chi connectivity index (χ3v) is 5.16. The summed E-state index contributed by atoms with van der Waals surface area (Å²) < 4.78 is 0. The minimum atomic E-state index is 0.111. The van der Waals surface area contributed by atoms with Crippen molar-refractivity contribution in [1.82, 2.24) is 15.5 Å². The highest BCUT2D eigenvalue weighted by atomic mass is 16.1. The number of nitrogens with zero attached hydrogens (tertiary/aromatic N) is 3. The Balaban J connectivity index is 1.59. The second-order valence-corrected chi connectivity index (χ2v) is 7.23. The van der Waals surface area contributed by atoms with E-state index in [4.69, 9.17) is 0 Å². The van der Waals surface area contributed by atoms with Crippen LogP contribution in [0.2, 0.25) is 0 Å². The molecule has 0 radical (unpaired) electrons. The maximum absolute atomic E-state index is 12.3. The molecule has 1 atom stereocenters. The van der Waals surface area contributed by atoms with Crippen LogP contribution in [0.15, 0.2) is 36.4 Å². The summed E-state index contributed by atoms with van der Waals surface area (Å²) in [5, 5.41) is 11.9. The Morgan fingerprint density at radius 2 is 2.00 bits per heavy atom. The van der Waals surface area contributed by atoms with Gasteiger partial charge in [-0.3, -0.25) is 4.79 Å². The van der Waals surface area contributed by atoms with E-state index >= 15 is 0 Å². The summed E-state index contributed by atoms with van der Waals surface area (Å²) in [6.07, 6.45) is 2.70. The molecule has 2 heterocycles. The molecule has 138 valence electrons. The minimum Gasteiger partial charge on any atom is -0.355 e. The number of hydrogen-bond acceptors (Lipinski definition) is 4. The van der Waals surface area contributed by atoms with Gasteiger partial charge in [0.15, 0.2) is 5.82 Å². The lowest BCUT2D eigenvalue weighted by atomic mass is 9.95. The van der Waals surface area contributed by atoms with Gasteiger partial charge in [-0.1, -0.05) is 30.7 Å². The van der Waals surface area contributed by atoms with Crippen LogP contribution in [0.3, 0.4) is 0 Å². The number of carbonyl (C=O) groups is 1. The molecular formula is C21H28N4O. The van der Waals surface area contributed by atoms with Gasteiger partial charge in [0.25, 0.3) is 0 Å². The highest BCUT2D eigenvalue weighted by Crippen LogP contribution is 2.24. The number of benzene rings is 1. The van der Waals surface area contributed by atoms with Gasteiger partial charge in [0.05, 0.1) is 5.69 Å². The van der Waals surface area contributed by atoms with Crippen LogP contribution in [-0.4, -0.2) is 35.2 Å². The van der Waals surface area contributed by atoms with E-state index in [-0.39, 0.29) is 17.9 Å². The van der Waals surface area contributed by atoms with Crippen molar-refractivity contribution >= 4 is 11.7 Å². The van der Waals surface area contributed by atoms with Crippen LogP contribution in [0.25, 0.3) is 11.3 Å². The lowest BCUT2D eigenvalue weighted by Gasteiger charge is -2.32. The summed E-state index contributed by atoms with van der Waals surface area (Å²) in [7, 11) is 0. The molecule has 1 aromatic carbocycles. The molecule has 26 heavy (non-hydrogen) atoms. The first-order chi connectivity index (χ1) is 12.6. The van der Waals surface area contributed by atoms with Crippen molar-refractivity contribution in [2.45, 2.75) is 46.1 Å². The van der Waals surface area contributed by atoms with Gasteiger partial charge in [0, 0.05) is 30.6 Å². The van der Waals surface area contributed by atoms with Crippen LogP contribution in [0, 0.1) is 12.8 Å². The van der Waals surface area contributed by atoms with E-state index in [1.54, 1.807) is 0 Å². The van der Waals surface area contributed by atoms with Crippen molar-refractivity contribution in [2.24, 2.45) is 5.92 Å². The molecule has 2 aromatic rings. The Hall–Kier alpha value is -2.43. The predicted molar refractivity (Wildman–Crippen MR) is 105 cm³/mol. The molecule has 5 heteroatoms. The molecule has 1 saturated heterocycles. The number of piperidine rings is 1. The Morgan fingerprint density at radius 3 is 2.62 bits per heavy atom. The Labute approximate surface area is 155 Å². The zero-order chi connectivity index (χ0) is 18.5. The zero-order valence-electron chi connectivity index (χ0n) is 15.9. The van der Waals surface area contributed by atoms with Crippen LogP contribution in [-0.2, 0) is 4.79 Å². The van der Waals surface area contributed by atoms with Crippen LogP contribution in [0.1, 0.15) is 38.7 Å². The Kier molecular flexibility index (Phi) is 5.86. The standard InChI is InChI=1S/C21H28N4O/c1-4-16(3)22-21(26)17-10-12-25(13-11-17)20-9-8-19(23-24-20)18-7-5-6-15(2)14-18/h5-9,14,16-17H,4,10-13H2,1-3H3,(H,22,26)/t16-/m0/s1. The van der Waals surface area contributed by atoms with Crippen molar-refractivity contribution in [3.63, 3.8) is 0 Å². The lowest BCUT2D eigenvalue weighted by molar-refractivity contribution is -0.126. The summed E-state index contributed by atoms with van der Waals surface area (Å²) in [5.74, 6) is 1.20. The van der Waals surface area contributed by atoms with E-state index in [0.717, 1.165) is 49.4 Å². The van der Waals surface area contributed by atoms with E-state index < -0.39 is 0 Å². The number of anilines is 1. The number of hydrogen-bond donors (Lipinski definition) is 1. The number of carbonyl (C=O) groups excluding carboxylic acids is 1. The van der Waals surface area contributed by atoms with Crippen LogP contribution in [0.4, 0.5) is 5.82 Å². The minimum absolute atomic E-state index is 0.111. The number of rotatable bonds is 5. The summed E-state index contributed by atoms with van der Waals surface area (Å²) in [4.78, 5) is 14.5. The second-order valence-electron chi connectivity index (χ2n) is 7.23. The van der Waals surface area contributed by atoms with E-state index in [9.17, 15) is 4.79 Å². The second kappa shape index (κ2) is 8.30. The molecule has 1 aliphatic heterocycles. The van der Waals surface area contributed by atoms with E-state index in [0.29, 0.717) is 0 Å². The number of nitrogens with one attached hydrogen (secondary N) is 1. The topological polar surface area (TPSA) is 58.1 Å². The van der Waals surface area contributed by atoms with Gasteiger partial charge in [-0.05, 0) is 51.3 Å². The molecule has 5 nitrogen and oxygen atoms in total. The van der Waals surface area contributed by atoms with Crippen molar-refractivity contribution in [1.29, 1.82) is 0 Å². The summed E-state index contributed by atoms with van der Waals surface area (Å²) in [6.45, 7) is 7.91. The lowest BCUT2D eigenvalue weighted by Crippen LogP contribution is -2.43. The smallest absolute Gasteiger partial charge is 0.223 e. The molecular weight excluding hydrogens is 324 g/mol. The first-order valence-electron chi connectivity index (χ1n) is 9.53. The Morgan fingerprint density at radius 1 is 1.23 bits per heavy atom. The highest BCUT2D eigenvalue weighted by molar-refractivity contribution is 5.79. The molecule has 1 N–H and O–H groups in total. The predicted octanol–water partition coefficient (Wildman–Crippen LogP) is 3.58. The van der Waals surface area contributed by atoms with Gasteiger partial charge in [0.2, 0.25) is 5.91 Å². The largest absolute Gasteiger partial charge is 0.355 e. The number of amides is 1. The van der Waals surface area contributed by atoms with Gasteiger partial charge >= 0.3 is 0 Å². The van der Waals surface area contributed by atoms with Crippen LogP contribution >= 0.6 is 0 Å². The van der Waals surface area contributed by atoms with Crippen LogP contribution in [0.5, 0.6) is 0 Å². The molecule has 0 spiro atoms. The first-order valence-corrected chi connectivity index (χ1v) is 9.53. The molecule has 0 aliphatic carbocycles. The average molecular weight is 352 g/mol. The van der Waals surface area contributed by atoms with Gasteiger partial charge in [-0.25, -0.2) is 0 Å². The SMILES string of the molecule is CC[C@H](C)NC(=O)C1CCN(c2ccc(-c3cccc(C)c3)nn2)CC1. The van der Waals surface area contributed by atoms with Crippen molar-refractivity contribution in [2.75, 3.05) is 18.0 Å². The molecule has 1 fully saturated rings. The summed E-state index contributed by atoms with van der Waals surface area (Å²) >= 11 is 0. The van der Waals surface area contributed by atoms with Crippen LogP contribution < -0.4 is 10.2 Å². The molecule has 3 rings (SSSR count). The highest BCUT2D eigenvalue weighted by Gasteiger charge is 2.26. The Bertz CT molecular complexity index is 736. The van der Waals surface area contributed by atoms with Gasteiger partial charge in [-0.2, -0.15) is 0 Å². The van der Waals surface area contributed by atoms with Gasteiger partial charge < -0.3 is 10.2 Å². The summed E-state index contributed by atoms with van der Waals surface area (Å²) in [6, 6.07) is 12.6. The van der Waals surface area contributed by atoms with Gasteiger partial charge in [0.1, 0.15) is 0 Å². The van der Waals surface area contributed by atoms with Crippen molar-refractivity contribution in [3.8, 4) is 11.3 Å².